The van der Waals surface area contributed by atoms with Crippen LogP contribution in [0, 0.1) is 47.4 Å². The summed E-state index contributed by atoms with van der Waals surface area (Å²) in [5.41, 5.74) is 4.27. The number of hydrogen-bond donors (Lipinski definition) is 2. The van der Waals surface area contributed by atoms with E-state index in [9.17, 15) is 10.2 Å². The minimum Gasteiger partial charge on any atom is -0.507 e. The summed E-state index contributed by atoms with van der Waals surface area (Å²) in [6.07, 6.45) is 0. The summed E-state index contributed by atoms with van der Waals surface area (Å²) in [6, 6.07) is 7.75. The quantitative estimate of drug-likeness (QED) is 0.360. The van der Waals surface area contributed by atoms with Gasteiger partial charge in [-0.1, -0.05) is 94.9 Å². The molecule has 2 N–H and O–H groups in total. The molecule has 0 fully saturated rings. The van der Waals surface area contributed by atoms with Crippen LogP contribution in [0.3, 0.4) is 0 Å². The van der Waals surface area contributed by atoms with Crippen molar-refractivity contribution in [2.75, 3.05) is 0 Å². The molecule has 0 spiro atoms. The van der Waals surface area contributed by atoms with Crippen LogP contribution in [0.2, 0.25) is 0 Å². The van der Waals surface area contributed by atoms with E-state index in [2.05, 4.69) is 130 Å². The normalized spacial score (nSPS) is 11.6. The SMILES string of the molecule is CC(C)(C)c1cc(C#CC#CC#CC#Cc2cc(C(C)(C)C)c(O)c(C(C)(C)C)c2)cc(C(C)(C)C)c1O. The second-order valence-corrected chi connectivity index (χ2v) is 13.8. The predicted octanol–water partition coefficient (Wildman–Crippen LogP) is 7.70. The highest BCUT2D eigenvalue weighted by atomic mass is 16.3. The van der Waals surface area contributed by atoms with E-state index < -0.39 is 0 Å². The van der Waals surface area contributed by atoms with Crippen LogP contribution in [-0.2, 0) is 21.7 Å². The fourth-order valence-corrected chi connectivity index (χ4v) is 4.03. The van der Waals surface area contributed by atoms with Gasteiger partial charge in [0.25, 0.3) is 0 Å². The monoisotopic (exact) mass is 506 g/mol. The van der Waals surface area contributed by atoms with E-state index in [0.717, 1.165) is 33.4 Å². The first-order chi connectivity index (χ1) is 17.2. The Labute approximate surface area is 231 Å². The summed E-state index contributed by atoms with van der Waals surface area (Å²) in [5.74, 6) is 23.7. The molecule has 2 heteroatoms. The first-order valence-electron chi connectivity index (χ1n) is 13.0. The molecular formula is C36H42O2. The van der Waals surface area contributed by atoms with Crippen LogP contribution in [0.15, 0.2) is 24.3 Å². The van der Waals surface area contributed by atoms with Crippen molar-refractivity contribution in [2.24, 2.45) is 0 Å². The van der Waals surface area contributed by atoms with Crippen LogP contribution in [0.5, 0.6) is 11.5 Å². The Kier molecular flexibility index (Phi) is 8.79. The van der Waals surface area contributed by atoms with Gasteiger partial charge >= 0.3 is 0 Å². The molecule has 0 saturated heterocycles. The topological polar surface area (TPSA) is 40.5 Å². The van der Waals surface area contributed by atoms with Crippen LogP contribution in [0.1, 0.15) is 116 Å². The Bertz CT molecular complexity index is 1270. The maximum atomic E-state index is 10.9. The molecule has 0 heterocycles. The average molecular weight is 507 g/mol. The smallest absolute Gasteiger partial charge is 0.123 e. The fourth-order valence-electron chi connectivity index (χ4n) is 4.03. The molecule has 0 aliphatic carbocycles. The Morgan fingerprint density at radius 2 is 0.605 bits per heavy atom. The maximum Gasteiger partial charge on any atom is 0.123 e. The van der Waals surface area contributed by atoms with Gasteiger partial charge in [0, 0.05) is 33.4 Å². The number of benzene rings is 2. The molecule has 198 valence electrons. The molecule has 0 atom stereocenters. The van der Waals surface area contributed by atoms with Crippen molar-refractivity contribution in [3.8, 4) is 58.9 Å². The van der Waals surface area contributed by atoms with Gasteiger partial charge in [-0.25, -0.2) is 0 Å². The molecule has 0 radical (unpaired) electrons. The van der Waals surface area contributed by atoms with Gasteiger partial charge in [0.1, 0.15) is 11.5 Å². The van der Waals surface area contributed by atoms with E-state index in [1.807, 2.05) is 24.3 Å². The highest BCUT2D eigenvalue weighted by Gasteiger charge is 2.27. The molecule has 2 aromatic rings. The molecule has 2 aromatic carbocycles. The van der Waals surface area contributed by atoms with E-state index in [1.54, 1.807) is 0 Å². The summed E-state index contributed by atoms with van der Waals surface area (Å²) in [7, 11) is 0. The molecular weight excluding hydrogens is 464 g/mol. The zero-order valence-electron chi connectivity index (χ0n) is 25.2. The molecule has 0 saturated carbocycles. The Balaban J connectivity index is 2.35. The van der Waals surface area contributed by atoms with Gasteiger partial charge in [-0.2, -0.15) is 0 Å². The summed E-state index contributed by atoms with van der Waals surface area (Å²) in [6.45, 7) is 24.9. The largest absolute Gasteiger partial charge is 0.507 e. The molecule has 0 aromatic heterocycles. The lowest BCUT2D eigenvalue weighted by atomic mass is 9.78. The first-order valence-corrected chi connectivity index (χ1v) is 13.0. The van der Waals surface area contributed by atoms with Crippen molar-refractivity contribution in [1.82, 2.24) is 0 Å². The Hall–Kier alpha value is -3.72. The molecule has 2 nitrogen and oxygen atoms in total. The fraction of sp³-hybridized carbons (Fsp3) is 0.444. The lowest BCUT2D eigenvalue weighted by molar-refractivity contribution is 0.422. The van der Waals surface area contributed by atoms with Gasteiger partial charge in [0.2, 0.25) is 0 Å². The number of phenols is 2. The lowest BCUT2D eigenvalue weighted by Gasteiger charge is -2.27. The molecule has 0 amide bonds. The highest BCUT2D eigenvalue weighted by molar-refractivity contribution is 5.56. The second kappa shape index (κ2) is 10.9. The van der Waals surface area contributed by atoms with Crippen LogP contribution < -0.4 is 0 Å². The van der Waals surface area contributed by atoms with Gasteiger partial charge in [0.15, 0.2) is 0 Å². The van der Waals surface area contributed by atoms with Gasteiger partial charge in [-0.3, -0.25) is 0 Å². The zero-order chi connectivity index (χ0) is 29.1. The third-order valence-corrected chi connectivity index (χ3v) is 6.18. The predicted molar refractivity (Wildman–Crippen MR) is 160 cm³/mol. The minimum atomic E-state index is -0.212. The van der Waals surface area contributed by atoms with E-state index in [1.165, 1.54) is 0 Å². The summed E-state index contributed by atoms with van der Waals surface area (Å²) < 4.78 is 0. The number of hydrogen-bond acceptors (Lipinski definition) is 2. The number of phenolic OH excluding ortho intramolecular Hbond substituents is 2. The number of rotatable bonds is 0. The van der Waals surface area contributed by atoms with Gasteiger partial charge in [0.05, 0.1) is 0 Å². The van der Waals surface area contributed by atoms with Crippen LogP contribution in [0.25, 0.3) is 0 Å². The summed E-state index contributed by atoms with van der Waals surface area (Å²) in [4.78, 5) is 0. The third kappa shape index (κ3) is 7.89. The van der Waals surface area contributed by atoms with Crippen LogP contribution in [0.4, 0.5) is 0 Å². The Morgan fingerprint density at radius 3 is 0.816 bits per heavy atom. The average Bonchev–Trinajstić information content (AvgIpc) is 2.74. The first kappa shape index (κ1) is 30.5. The van der Waals surface area contributed by atoms with Crippen molar-refractivity contribution >= 4 is 0 Å². The second-order valence-electron chi connectivity index (χ2n) is 13.8. The molecule has 0 unspecified atom stereocenters. The Morgan fingerprint density at radius 1 is 0.395 bits per heavy atom. The highest BCUT2D eigenvalue weighted by Crippen LogP contribution is 2.40. The minimum absolute atomic E-state index is 0.212. The lowest BCUT2D eigenvalue weighted by Crippen LogP contribution is -2.17. The molecule has 0 aliphatic rings. The van der Waals surface area contributed by atoms with Crippen molar-refractivity contribution in [3.63, 3.8) is 0 Å². The maximum absolute atomic E-state index is 10.9. The van der Waals surface area contributed by atoms with E-state index in [0.29, 0.717) is 11.5 Å². The standard InChI is InChI=1S/C36H42O2/c1-33(2,3)27-21-25(22-28(31(27)37)34(4,5)6)19-17-15-13-14-16-18-20-26-23-29(35(7,8)9)32(38)30(24-26)36(10,11)12/h21-24,37-38H,1-12H3. The molecule has 2 rings (SSSR count). The van der Waals surface area contributed by atoms with Crippen molar-refractivity contribution in [2.45, 2.75) is 105 Å². The summed E-state index contributed by atoms with van der Waals surface area (Å²) in [5, 5.41) is 21.7. The van der Waals surface area contributed by atoms with Crippen molar-refractivity contribution < 1.29 is 10.2 Å². The van der Waals surface area contributed by atoms with Gasteiger partial charge in [-0.05, 0) is 81.4 Å². The van der Waals surface area contributed by atoms with E-state index >= 15 is 0 Å². The third-order valence-electron chi connectivity index (χ3n) is 6.18. The van der Waals surface area contributed by atoms with Gasteiger partial charge in [-0.15, -0.1) is 0 Å². The summed E-state index contributed by atoms with van der Waals surface area (Å²) >= 11 is 0. The zero-order valence-corrected chi connectivity index (χ0v) is 25.2. The van der Waals surface area contributed by atoms with Gasteiger partial charge < -0.3 is 10.2 Å². The van der Waals surface area contributed by atoms with E-state index in [4.69, 9.17) is 0 Å². The molecule has 38 heavy (non-hydrogen) atoms. The van der Waals surface area contributed by atoms with E-state index in [-0.39, 0.29) is 21.7 Å². The van der Waals surface area contributed by atoms with Crippen LogP contribution >= 0.6 is 0 Å². The van der Waals surface area contributed by atoms with Crippen LogP contribution in [-0.4, -0.2) is 10.2 Å². The molecule has 0 aliphatic heterocycles. The van der Waals surface area contributed by atoms with Crippen molar-refractivity contribution in [1.29, 1.82) is 0 Å². The molecule has 0 bridgehead atoms. The number of aromatic hydroxyl groups is 2. The van der Waals surface area contributed by atoms with Crippen molar-refractivity contribution in [3.05, 3.63) is 57.6 Å².